The number of carbonyl (C=O) groups excluding carboxylic acids is 1. The topological polar surface area (TPSA) is 95.2 Å². The third kappa shape index (κ3) is 5.07. The van der Waals surface area contributed by atoms with E-state index in [-0.39, 0.29) is 19.7 Å². The molecule has 1 heterocycles. The molecule has 0 aliphatic rings. The summed E-state index contributed by atoms with van der Waals surface area (Å²) in [5.74, 6) is -1.20. The SMILES string of the molecule is COCCNC(=O)c1nn(-c2ccc(C)c(Cl)c2)c(=O)n(Cc2ccc(F)cc2)c1=O. The van der Waals surface area contributed by atoms with Gasteiger partial charge in [-0.1, -0.05) is 29.8 Å². The van der Waals surface area contributed by atoms with E-state index >= 15 is 0 Å². The highest BCUT2D eigenvalue weighted by Gasteiger charge is 2.20. The van der Waals surface area contributed by atoms with Gasteiger partial charge in [-0.05, 0) is 42.3 Å². The van der Waals surface area contributed by atoms with Gasteiger partial charge in [0.2, 0.25) is 5.69 Å². The average molecular weight is 447 g/mol. The van der Waals surface area contributed by atoms with Crippen LogP contribution in [-0.4, -0.2) is 40.5 Å². The smallest absolute Gasteiger partial charge is 0.352 e. The Bertz CT molecular complexity index is 1220. The summed E-state index contributed by atoms with van der Waals surface area (Å²) in [6.45, 7) is 2.03. The number of rotatable bonds is 7. The normalized spacial score (nSPS) is 10.8. The van der Waals surface area contributed by atoms with Crippen LogP contribution < -0.4 is 16.6 Å². The minimum absolute atomic E-state index is 0.157. The zero-order chi connectivity index (χ0) is 22.5. The number of benzene rings is 2. The molecule has 1 amide bonds. The number of halogens is 2. The van der Waals surface area contributed by atoms with Crippen LogP contribution in [-0.2, 0) is 11.3 Å². The number of methoxy groups -OCH3 is 1. The molecular formula is C21H20ClFN4O4. The maximum atomic E-state index is 13.2. The Balaban J connectivity index is 2.15. The number of carbonyl (C=O) groups is 1. The van der Waals surface area contributed by atoms with Gasteiger partial charge in [-0.25, -0.2) is 9.18 Å². The summed E-state index contributed by atoms with van der Waals surface area (Å²) in [5.41, 5.74) is -0.503. The second-order valence-electron chi connectivity index (χ2n) is 6.74. The van der Waals surface area contributed by atoms with Crippen LogP contribution in [0.15, 0.2) is 52.1 Å². The van der Waals surface area contributed by atoms with Crippen molar-refractivity contribution in [2.75, 3.05) is 20.3 Å². The molecule has 162 valence electrons. The minimum atomic E-state index is -0.862. The zero-order valence-corrected chi connectivity index (χ0v) is 17.6. The third-order valence-electron chi connectivity index (χ3n) is 4.52. The molecule has 1 aromatic heterocycles. The van der Waals surface area contributed by atoms with E-state index in [1.54, 1.807) is 19.1 Å². The Hall–Kier alpha value is -3.30. The molecule has 2 aromatic carbocycles. The largest absolute Gasteiger partial charge is 0.383 e. The molecule has 0 spiro atoms. The van der Waals surface area contributed by atoms with E-state index < -0.39 is 28.7 Å². The van der Waals surface area contributed by atoms with E-state index in [0.717, 1.165) is 14.8 Å². The molecule has 8 nitrogen and oxygen atoms in total. The first-order valence-electron chi connectivity index (χ1n) is 9.34. The van der Waals surface area contributed by atoms with Crippen LogP contribution in [0, 0.1) is 12.7 Å². The first kappa shape index (κ1) is 22.4. The molecule has 10 heteroatoms. The maximum Gasteiger partial charge on any atom is 0.352 e. The van der Waals surface area contributed by atoms with Gasteiger partial charge in [0.15, 0.2) is 0 Å². The van der Waals surface area contributed by atoms with Crippen molar-refractivity contribution in [3.8, 4) is 5.69 Å². The summed E-state index contributed by atoms with van der Waals surface area (Å²) >= 11 is 6.18. The van der Waals surface area contributed by atoms with Crippen molar-refractivity contribution in [3.05, 3.63) is 91.0 Å². The standard InChI is InChI=1S/C21H20ClFN4O4/c1-13-3-8-16(11-17(13)22)27-21(30)26(12-14-4-6-15(23)7-5-14)20(29)18(25-27)19(28)24-9-10-31-2/h3-8,11H,9-10,12H2,1-2H3,(H,24,28). The van der Waals surface area contributed by atoms with Crippen LogP contribution >= 0.6 is 11.6 Å². The minimum Gasteiger partial charge on any atom is -0.383 e. The van der Waals surface area contributed by atoms with Gasteiger partial charge in [0.1, 0.15) is 5.82 Å². The molecule has 31 heavy (non-hydrogen) atoms. The van der Waals surface area contributed by atoms with E-state index in [9.17, 15) is 18.8 Å². The maximum absolute atomic E-state index is 13.2. The van der Waals surface area contributed by atoms with Crippen molar-refractivity contribution in [2.45, 2.75) is 13.5 Å². The molecule has 0 saturated heterocycles. The first-order valence-corrected chi connectivity index (χ1v) is 9.72. The van der Waals surface area contributed by atoms with Gasteiger partial charge >= 0.3 is 5.69 Å². The molecule has 3 rings (SSSR count). The lowest BCUT2D eigenvalue weighted by Crippen LogP contribution is -2.46. The Morgan fingerprint density at radius 3 is 2.55 bits per heavy atom. The van der Waals surface area contributed by atoms with E-state index in [1.165, 1.54) is 37.4 Å². The molecule has 0 fully saturated rings. The van der Waals surface area contributed by atoms with Crippen molar-refractivity contribution in [3.63, 3.8) is 0 Å². The highest BCUT2D eigenvalue weighted by Crippen LogP contribution is 2.18. The number of hydrogen-bond donors (Lipinski definition) is 1. The number of nitrogens with zero attached hydrogens (tertiary/aromatic N) is 3. The van der Waals surface area contributed by atoms with Gasteiger partial charge < -0.3 is 10.1 Å². The van der Waals surface area contributed by atoms with Crippen LogP contribution in [0.4, 0.5) is 4.39 Å². The first-order chi connectivity index (χ1) is 14.8. The quantitative estimate of drug-likeness (QED) is 0.559. The summed E-state index contributed by atoms with van der Waals surface area (Å²) < 4.78 is 19.9. The summed E-state index contributed by atoms with van der Waals surface area (Å²) in [5, 5.41) is 6.93. The van der Waals surface area contributed by atoms with Crippen molar-refractivity contribution >= 4 is 17.5 Å². The van der Waals surface area contributed by atoms with Crippen molar-refractivity contribution in [1.82, 2.24) is 19.7 Å². The van der Waals surface area contributed by atoms with Gasteiger partial charge in [-0.3, -0.25) is 14.2 Å². The number of aromatic nitrogens is 3. The predicted octanol–water partition coefficient (Wildman–Crippen LogP) is 1.92. The van der Waals surface area contributed by atoms with Gasteiger partial charge in [-0.2, -0.15) is 9.78 Å². The molecular weight excluding hydrogens is 427 g/mol. The highest BCUT2D eigenvalue weighted by atomic mass is 35.5. The van der Waals surface area contributed by atoms with Crippen LogP contribution in [0.5, 0.6) is 0 Å². The fourth-order valence-electron chi connectivity index (χ4n) is 2.80. The summed E-state index contributed by atoms with van der Waals surface area (Å²) in [4.78, 5) is 38.6. The summed E-state index contributed by atoms with van der Waals surface area (Å²) in [6.07, 6.45) is 0. The third-order valence-corrected chi connectivity index (χ3v) is 4.93. The Morgan fingerprint density at radius 2 is 1.90 bits per heavy atom. The molecule has 1 N–H and O–H groups in total. The highest BCUT2D eigenvalue weighted by molar-refractivity contribution is 6.31. The number of aryl methyl sites for hydroxylation is 1. The Labute approximate surface area is 181 Å². The van der Waals surface area contributed by atoms with Gasteiger partial charge in [0.05, 0.1) is 18.8 Å². The fourth-order valence-corrected chi connectivity index (χ4v) is 2.98. The molecule has 0 aliphatic heterocycles. The van der Waals surface area contributed by atoms with Gasteiger partial charge in [0.25, 0.3) is 11.5 Å². The number of nitrogens with one attached hydrogen (secondary N) is 1. The monoisotopic (exact) mass is 446 g/mol. The molecule has 0 saturated carbocycles. The Morgan fingerprint density at radius 1 is 1.19 bits per heavy atom. The number of ether oxygens (including phenoxy) is 1. The van der Waals surface area contributed by atoms with E-state index in [0.29, 0.717) is 16.3 Å². The van der Waals surface area contributed by atoms with Crippen LogP contribution in [0.3, 0.4) is 0 Å². The lowest BCUT2D eigenvalue weighted by molar-refractivity contribution is 0.0927. The molecule has 0 unspecified atom stereocenters. The molecule has 3 aromatic rings. The molecule has 0 bridgehead atoms. The van der Waals surface area contributed by atoms with Crippen LogP contribution in [0.25, 0.3) is 5.69 Å². The van der Waals surface area contributed by atoms with Crippen molar-refractivity contribution in [1.29, 1.82) is 0 Å². The second kappa shape index (κ2) is 9.67. The van der Waals surface area contributed by atoms with E-state index in [2.05, 4.69) is 10.4 Å². The Kier molecular flexibility index (Phi) is 6.98. The predicted molar refractivity (Wildman–Crippen MR) is 114 cm³/mol. The molecule has 0 radical (unpaired) electrons. The van der Waals surface area contributed by atoms with Crippen LogP contribution in [0.1, 0.15) is 21.6 Å². The van der Waals surface area contributed by atoms with Crippen LogP contribution in [0.2, 0.25) is 5.02 Å². The fraction of sp³-hybridized carbons (Fsp3) is 0.238. The lowest BCUT2D eigenvalue weighted by Gasteiger charge is -2.13. The van der Waals surface area contributed by atoms with E-state index in [1.807, 2.05) is 0 Å². The summed E-state index contributed by atoms with van der Waals surface area (Å²) in [6, 6.07) is 10.2. The van der Waals surface area contributed by atoms with E-state index in [4.69, 9.17) is 16.3 Å². The zero-order valence-electron chi connectivity index (χ0n) is 16.9. The van der Waals surface area contributed by atoms with Gasteiger partial charge in [-0.15, -0.1) is 0 Å². The molecule has 0 atom stereocenters. The lowest BCUT2D eigenvalue weighted by atomic mass is 10.2. The molecule has 0 aliphatic carbocycles. The number of hydrogen-bond acceptors (Lipinski definition) is 5. The summed E-state index contributed by atoms with van der Waals surface area (Å²) in [7, 11) is 1.47. The average Bonchev–Trinajstić information content (AvgIpc) is 2.75. The van der Waals surface area contributed by atoms with Gasteiger partial charge in [0, 0.05) is 18.7 Å². The van der Waals surface area contributed by atoms with Crippen molar-refractivity contribution < 1.29 is 13.9 Å². The second-order valence-corrected chi connectivity index (χ2v) is 7.15. The van der Waals surface area contributed by atoms with Crippen molar-refractivity contribution in [2.24, 2.45) is 0 Å². The number of amides is 1.